The number of rotatable bonds is 3. The monoisotopic (exact) mass is 463 g/mol. The molecule has 0 aliphatic heterocycles. The molecule has 6 nitrogen and oxygen atoms in total. The summed E-state index contributed by atoms with van der Waals surface area (Å²) >= 11 is 0. The molecule has 0 spiro atoms. The molecule has 2 aromatic carbocycles. The maximum atomic E-state index is 14.4. The van der Waals surface area contributed by atoms with Gasteiger partial charge in [-0.3, -0.25) is 14.8 Å². The molecular weight excluding hydrogens is 442 g/mol. The number of ether oxygens (including phenoxy) is 1. The highest BCUT2D eigenvalue weighted by atomic mass is 19.4. The third-order valence-corrected chi connectivity index (χ3v) is 6.02. The molecule has 2 unspecified atom stereocenters. The Labute approximate surface area is 186 Å². The maximum absolute atomic E-state index is 14.4. The number of amides is 1. The predicted octanol–water partition coefficient (Wildman–Crippen LogP) is 4.22. The average molecular weight is 463 g/mol. The van der Waals surface area contributed by atoms with E-state index in [2.05, 4.69) is 15.3 Å². The van der Waals surface area contributed by atoms with E-state index in [4.69, 9.17) is 4.74 Å². The number of carbonyl (C=O) groups excluding carboxylic acids is 1. The minimum atomic E-state index is -5.09. The van der Waals surface area contributed by atoms with Crippen LogP contribution in [0.15, 0.2) is 42.7 Å². The first-order chi connectivity index (χ1) is 15.4. The number of hydrogen-bond acceptors (Lipinski definition) is 5. The van der Waals surface area contributed by atoms with Crippen LogP contribution in [0.1, 0.15) is 47.8 Å². The van der Waals surface area contributed by atoms with Gasteiger partial charge in [-0.25, -0.2) is 4.39 Å². The molecule has 0 radical (unpaired) electrons. The smallest absolute Gasteiger partial charge is 0.419 e. The van der Waals surface area contributed by atoms with Crippen LogP contribution in [-0.2, 0) is 5.41 Å². The summed E-state index contributed by atoms with van der Waals surface area (Å²) in [6.45, 7) is 2.93. The molecule has 1 aliphatic carbocycles. The number of hydrogen-bond donors (Lipinski definition) is 2. The van der Waals surface area contributed by atoms with Crippen LogP contribution in [0.3, 0.4) is 0 Å². The lowest BCUT2D eigenvalue weighted by molar-refractivity contribution is -0.280. The highest BCUT2D eigenvalue weighted by Gasteiger charge is 2.64. The van der Waals surface area contributed by atoms with Crippen molar-refractivity contribution in [1.29, 1.82) is 0 Å². The Balaban J connectivity index is 1.85. The largest absolute Gasteiger partial charge is 0.493 e. The second-order valence-electron chi connectivity index (χ2n) is 8.69. The molecule has 174 valence electrons. The fourth-order valence-corrected chi connectivity index (χ4v) is 4.61. The zero-order valence-corrected chi connectivity index (χ0v) is 18.0. The lowest BCUT2D eigenvalue weighted by atomic mass is 9.63. The van der Waals surface area contributed by atoms with Gasteiger partial charge in [0, 0.05) is 23.5 Å². The molecule has 1 amide bonds. The van der Waals surface area contributed by atoms with Gasteiger partial charge in [0.25, 0.3) is 5.91 Å². The van der Waals surface area contributed by atoms with Gasteiger partial charge in [0.15, 0.2) is 17.2 Å². The first-order valence-corrected chi connectivity index (χ1v) is 10.1. The lowest BCUT2D eigenvalue weighted by Crippen LogP contribution is -2.60. The minimum absolute atomic E-state index is 0.0352. The molecular formula is C23H21F4N3O3. The SMILES string of the molecule is COc1c(F)ccc2c1C(C)(C)CC(O)(C(F)(F)F)C2NC(=O)c1ccc2nccnc2c1. The zero-order chi connectivity index (χ0) is 24.2. The number of methoxy groups -OCH3 is 1. The fraction of sp³-hybridized carbons (Fsp3) is 0.348. The maximum Gasteiger partial charge on any atom is 0.419 e. The van der Waals surface area contributed by atoms with Gasteiger partial charge >= 0.3 is 6.18 Å². The topological polar surface area (TPSA) is 84.3 Å². The molecule has 10 heteroatoms. The van der Waals surface area contributed by atoms with Crippen molar-refractivity contribution in [2.75, 3.05) is 7.11 Å². The summed E-state index contributed by atoms with van der Waals surface area (Å²) in [4.78, 5) is 21.2. The van der Waals surface area contributed by atoms with Gasteiger partial charge in [-0.1, -0.05) is 19.9 Å². The Morgan fingerprint density at radius 2 is 1.82 bits per heavy atom. The van der Waals surface area contributed by atoms with Crippen LogP contribution >= 0.6 is 0 Å². The average Bonchev–Trinajstić information content (AvgIpc) is 2.75. The van der Waals surface area contributed by atoms with Gasteiger partial charge in [0.05, 0.1) is 24.2 Å². The molecule has 2 N–H and O–H groups in total. The summed E-state index contributed by atoms with van der Waals surface area (Å²) in [5, 5.41) is 13.3. The summed E-state index contributed by atoms with van der Waals surface area (Å²) in [6, 6.07) is 4.51. The van der Waals surface area contributed by atoms with Crippen LogP contribution in [-0.4, -0.2) is 39.9 Å². The highest BCUT2D eigenvalue weighted by molar-refractivity contribution is 5.97. The van der Waals surface area contributed by atoms with Crippen LogP contribution < -0.4 is 10.1 Å². The van der Waals surface area contributed by atoms with Crippen molar-refractivity contribution in [1.82, 2.24) is 15.3 Å². The first-order valence-electron chi connectivity index (χ1n) is 10.1. The Hall–Kier alpha value is -3.27. The third-order valence-electron chi connectivity index (χ3n) is 6.02. The summed E-state index contributed by atoms with van der Waals surface area (Å²) in [6.07, 6.45) is -3.01. The van der Waals surface area contributed by atoms with E-state index >= 15 is 0 Å². The van der Waals surface area contributed by atoms with Crippen LogP contribution in [0.5, 0.6) is 5.75 Å². The second-order valence-corrected chi connectivity index (χ2v) is 8.69. The van der Waals surface area contributed by atoms with Gasteiger partial charge in [-0.05, 0) is 41.7 Å². The van der Waals surface area contributed by atoms with E-state index in [1.54, 1.807) is 0 Å². The van der Waals surface area contributed by atoms with Crippen molar-refractivity contribution in [3.05, 3.63) is 65.2 Å². The molecule has 1 aliphatic rings. The summed E-state index contributed by atoms with van der Waals surface area (Å²) in [7, 11) is 1.21. The number of fused-ring (bicyclic) bond motifs is 2. The number of alkyl halides is 3. The number of nitrogens with zero attached hydrogens (tertiary/aromatic N) is 2. The van der Waals surface area contributed by atoms with Crippen molar-refractivity contribution in [3.63, 3.8) is 0 Å². The molecule has 3 aromatic rings. The van der Waals surface area contributed by atoms with E-state index in [-0.39, 0.29) is 22.4 Å². The Morgan fingerprint density at radius 1 is 1.15 bits per heavy atom. The second kappa shape index (κ2) is 7.65. The third kappa shape index (κ3) is 3.68. The standard InChI is InChI=1S/C23H21F4N3O3/c1-21(2)11-22(32,23(25,26)27)19(13-5-6-14(24)18(33-3)17(13)21)30-20(31)12-4-7-15-16(10-12)29-9-8-28-15/h4-10,19,32H,11H2,1-3H3,(H,30,31). The summed E-state index contributed by atoms with van der Waals surface area (Å²) < 4.78 is 62.2. The minimum Gasteiger partial charge on any atom is -0.493 e. The van der Waals surface area contributed by atoms with E-state index in [0.29, 0.717) is 11.0 Å². The first kappa shape index (κ1) is 22.9. The summed E-state index contributed by atoms with van der Waals surface area (Å²) in [5.41, 5.74) is -3.61. The van der Waals surface area contributed by atoms with Crippen molar-refractivity contribution in [2.24, 2.45) is 0 Å². The van der Waals surface area contributed by atoms with E-state index in [1.807, 2.05) is 0 Å². The number of nitrogens with one attached hydrogen (secondary N) is 1. The van der Waals surface area contributed by atoms with Crippen LogP contribution in [0.2, 0.25) is 0 Å². The molecule has 1 aromatic heterocycles. The Bertz CT molecular complexity index is 1250. The van der Waals surface area contributed by atoms with Gasteiger partial charge < -0.3 is 15.2 Å². The van der Waals surface area contributed by atoms with E-state index in [1.165, 1.54) is 51.6 Å². The molecule has 0 fully saturated rings. The number of benzene rings is 2. The van der Waals surface area contributed by atoms with E-state index in [9.17, 15) is 27.5 Å². The number of aliphatic hydroxyl groups is 1. The van der Waals surface area contributed by atoms with Crippen molar-refractivity contribution < 1.29 is 32.2 Å². The Kier molecular flexibility index (Phi) is 5.31. The van der Waals surface area contributed by atoms with Crippen LogP contribution in [0.4, 0.5) is 17.6 Å². The molecule has 0 bridgehead atoms. The molecule has 0 saturated heterocycles. The number of aromatic nitrogens is 2. The van der Waals surface area contributed by atoms with Crippen LogP contribution in [0.25, 0.3) is 11.0 Å². The Morgan fingerprint density at radius 3 is 2.45 bits per heavy atom. The predicted molar refractivity (Wildman–Crippen MR) is 111 cm³/mol. The van der Waals surface area contributed by atoms with Crippen molar-refractivity contribution in [2.45, 2.75) is 43.5 Å². The van der Waals surface area contributed by atoms with E-state index < -0.39 is 41.4 Å². The van der Waals surface area contributed by atoms with Gasteiger partial charge in [-0.15, -0.1) is 0 Å². The van der Waals surface area contributed by atoms with E-state index in [0.717, 1.165) is 12.1 Å². The normalized spacial score (nSPS) is 22.0. The van der Waals surface area contributed by atoms with Crippen LogP contribution in [0, 0.1) is 5.82 Å². The molecule has 4 rings (SSSR count). The molecule has 2 atom stereocenters. The van der Waals surface area contributed by atoms with Gasteiger partial charge in [-0.2, -0.15) is 13.2 Å². The number of halogens is 4. The van der Waals surface area contributed by atoms with Gasteiger partial charge in [0.1, 0.15) is 0 Å². The highest BCUT2D eigenvalue weighted by Crippen LogP contribution is 2.55. The number of carbonyl (C=O) groups is 1. The van der Waals surface area contributed by atoms with Gasteiger partial charge in [0.2, 0.25) is 0 Å². The van der Waals surface area contributed by atoms with Crippen molar-refractivity contribution >= 4 is 16.9 Å². The van der Waals surface area contributed by atoms with Crippen molar-refractivity contribution in [3.8, 4) is 5.75 Å². The molecule has 1 heterocycles. The molecule has 33 heavy (non-hydrogen) atoms. The quantitative estimate of drug-likeness (QED) is 0.569. The zero-order valence-electron chi connectivity index (χ0n) is 18.0. The lowest BCUT2D eigenvalue weighted by Gasteiger charge is -2.49. The summed E-state index contributed by atoms with van der Waals surface area (Å²) in [5.74, 6) is -1.83. The molecule has 0 saturated carbocycles. The fourth-order valence-electron chi connectivity index (χ4n) is 4.61.